The Labute approximate surface area is 150 Å². The minimum Gasteiger partial charge on any atom is -0.472 e. The molecule has 1 atom stereocenters. The van der Waals surface area contributed by atoms with Gasteiger partial charge in [-0.25, -0.2) is 4.98 Å². The number of fused-ring (bicyclic) bond motifs is 1. The molecule has 1 amide bonds. The maximum atomic E-state index is 12.6. The van der Waals surface area contributed by atoms with Crippen LogP contribution in [0.15, 0.2) is 36.5 Å². The van der Waals surface area contributed by atoms with Gasteiger partial charge in [-0.3, -0.25) is 4.79 Å². The number of pyridine rings is 1. The van der Waals surface area contributed by atoms with Gasteiger partial charge in [0.25, 0.3) is 0 Å². The highest BCUT2D eigenvalue weighted by Gasteiger charge is 2.28. The number of rotatable bonds is 4. The van der Waals surface area contributed by atoms with Gasteiger partial charge in [0.05, 0.1) is 24.6 Å². The van der Waals surface area contributed by atoms with Gasteiger partial charge in [-0.15, -0.1) is 0 Å². The molecule has 0 radical (unpaired) electrons. The molecule has 2 aromatic rings. The van der Waals surface area contributed by atoms with E-state index in [0.29, 0.717) is 42.5 Å². The molecular formula is C19H17N3O4. The van der Waals surface area contributed by atoms with Crippen molar-refractivity contribution in [3.05, 3.63) is 47.7 Å². The molecule has 26 heavy (non-hydrogen) atoms. The lowest BCUT2D eigenvalue weighted by Gasteiger charge is -2.17. The van der Waals surface area contributed by atoms with Crippen molar-refractivity contribution in [3.63, 3.8) is 0 Å². The van der Waals surface area contributed by atoms with Crippen LogP contribution in [0.1, 0.15) is 17.5 Å². The summed E-state index contributed by atoms with van der Waals surface area (Å²) < 4.78 is 16.5. The highest BCUT2D eigenvalue weighted by molar-refractivity contribution is 5.79. The number of hydrogen-bond acceptors (Lipinski definition) is 6. The van der Waals surface area contributed by atoms with E-state index in [9.17, 15) is 4.79 Å². The number of carbonyl (C=O) groups excluding carboxylic acids is 1. The fourth-order valence-corrected chi connectivity index (χ4v) is 3.10. The second-order valence-electron chi connectivity index (χ2n) is 6.23. The topological polar surface area (TPSA) is 84.7 Å². The van der Waals surface area contributed by atoms with Crippen molar-refractivity contribution in [2.75, 3.05) is 19.9 Å². The van der Waals surface area contributed by atoms with Crippen molar-refractivity contribution in [2.24, 2.45) is 0 Å². The normalized spacial score (nSPS) is 17.8. The summed E-state index contributed by atoms with van der Waals surface area (Å²) in [6, 6.07) is 10.9. The van der Waals surface area contributed by atoms with E-state index in [4.69, 9.17) is 19.5 Å². The molecule has 7 nitrogen and oxygen atoms in total. The van der Waals surface area contributed by atoms with E-state index in [2.05, 4.69) is 11.1 Å². The van der Waals surface area contributed by atoms with E-state index in [-0.39, 0.29) is 18.8 Å². The highest BCUT2D eigenvalue weighted by Crippen LogP contribution is 2.32. The summed E-state index contributed by atoms with van der Waals surface area (Å²) in [5.74, 6) is 1.86. The fourth-order valence-electron chi connectivity index (χ4n) is 3.10. The first-order valence-electron chi connectivity index (χ1n) is 8.40. The summed E-state index contributed by atoms with van der Waals surface area (Å²) >= 11 is 0. The predicted molar refractivity (Wildman–Crippen MR) is 90.8 cm³/mol. The number of carbonyl (C=O) groups is 1. The van der Waals surface area contributed by atoms with Crippen LogP contribution in [-0.2, 0) is 11.2 Å². The molecule has 1 aromatic heterocycles. The molecule has 1 fully saturated rings. The lowest BCUT2D eigenvalue weighted by Crippen LogP contribution is -2.32. The van der Waals surface area contributed by atoms with Crippen molar-refractivity contribution < 1.29 is 19.0 Å². The average molecular weight is 351 g/mol. The van der Waals surface area contributed by atoms with Gasteiger partial charge in [-0.1, -0.05) is 6.07 Å². The Morgan fingerprint density at radius 3 is 3.08 bits per heavy atom. The van der Waals surface area contributed by atoms with Crippen molar-refractivity contribution >= 4 is 5.91 Å². The van der Waals surface area contributed by atoms with Crippen LogP contribution in [-0.4, -0.2) is 41.8 Å². The largest absolute Gasteiger partial charge is 0.472 e. The maximum absolute atomic E-state index is 12.6. The van der Waals surface area contributed by atoms with Crippen LogP contribution < -0.4 is 14.2 Å². The summed E-state index contributed by atoms with van der Waals surface area (Å²) in [6.07, 6.45) is 2.49. The zero-order valence-electron chi connectivity index (χ0n) is 14.1. The lowest BCUT2D eigenvalue weighted by molar-refractivity contribution is -0.129. The van der Waals surface area contributed by atoms with E-state index in [0.717, 1.165) is 12.0 Å². The summed E-state index contributed by atoms with van der Waals surface area (Å²) in [7, 11) is 0. The van der Waals surface area contributed by atoms with Crippen LogP contribution in [0.5, 0.6) is 17.4 Å². The standard InChI is InChI=1S/C19H17N3O4/c20-10-14-3-5-21-18(8-14)26-15-4-6-22(11-15)19(23)9-13-1-2-16-17(7-13)25-12-24-16/h1-3,5,7-8,15H,4,6,9,11-12H2. The Morgan fingerprint density at radius 2 is 2.19 bits per heavy atom. The van der Waals surface area contributed by atoms with Crippen molar-refractivity contribution in [1.29, 1.82) is 5.26 Å². The molecule has 0 saturated carbocycles. The number of hydrogen-bond donors (Lipinski definition) is 0. The quantitative estimate of drug-likeness (QED) is 0.836. The summed E-state index contributed by atoms with van der Waals surface area (Å²) in [6.45, 7) is 1.38. The van der Waals surface area contributed by atoms with E-state index >= 15 is 0 Å². The number of benzene rings is 1. The molecule has 0 aliphatic carbocycles. The van der Waals surface area contributed by atoms with Crippen LogP contribution in [0, 0.1) is 11.3 Å². The van der Waals surface area contributed by atoms with Gasteiger partial charge in [-0.2, -0.15) is 5.26 Å². The number of likely N-dealkylation sites (tertiary alicyclic amines) is 1. The number of ether oxygens (including phenoxy) is 3. The molecule has 2 aliphatic heterocycles. The summed E-state index contributed by atoms with van der Waals surface area (Å²) in [5, 5.41) is 8.93. The SMILES string of the molecule is N#Cc1ccnc(OC2CCN(C(=O)Cc3ccc4c(c3)OCO4)C2)c1. The van der Waals surface area contributed by atoms with Gasteiger partial charge in [-0.05, 0) is 23.8 Å². The fraction of sp³-hybridized carbons (Fsp3) is 0.316. The van der Waals surface area contributed by atoms with Crippen LogP contribution in [0.25, 0.3) is 0 Å². The minimum absolute atomic E-state index is 0.0497. The second kappa shape index (κ2) is 6.92. The van der Waals surface area contributed by atoms with Crippen LogP contribution in [0.3, 0.4) is 0 Å². The maximum Gasteiger partial charge on any atom is 0.231 e. The number of nitriles is 1. The smallest absolute Gasteiger partial charge is 0.231 e. The Hall–Kier alpha value is -3.27. The monoisotopic (exact) mass is 351 g/mol. The first-order chi connectivity index (χ1) is 12.7. The molecule has 7 heteroatoms. The van der Waals surface area contributed by atoms with E-state index < -0.39 is 0 Å². The minimum atomic E-state index is -0.114. The van der Waals surface area contributed by atoms with Gasteiger partial charge < -0.3 is 19.1 Å². The molecule has 0 spiro atoms. The Bertz CT molecular complexity index is 877. The summed E-state index contributed by atoms with van der Waals surface area (Å²) in [4.78, 5) is 18.5. The molecular weight excluding hydrogens is 334 g/mol. The third-order valence-corrected chi connectivity index (χ3v) is 4.44. The summed E-state index contributed by atoms with van der Waals surface area (Å²) in [5.41, 5.74) is 1.40. The zero-order valence-corrected chi connectivity index (χ0v) is 14.1. The van der Waals surface area contributed by atoms with Crippen molar-refractivity contribution in [2.45, 2.75) is 18.9 Å². The van der Waals surface area contributed by atoms with Gasteiger partial charge in [0, 0.05) is 25.2 Å². The van der Waals surface area contributed by atoms with Gasteiger partial charge in [0.1, 0.15) is 6.10 Å². The predicted octanol–water partition coefficient (Wildman–Crippen LogP) is 1.90. The average Bonchev–Trinajstić information content (AvgIpc) is 3.31. The molecule has 3 heterocycles. The van der Waals surface area contributed by atoms with Crippen LogP contribution in [0.2, 0.25) is 0 Å². The van der Waals surface area contributed by atoms with Crippen molar-refractivity contribution in [3.8, 4) is 23.4 Å². The van der Waals surface area contributed by atoms with Gasteiger partial charge >= 0.3 is 0 Å². The molecule has 0 N–H and O–H groups in total. The molecule has 4 rings (SSSR count). The Morgan fingerprint density at radius 1 is 1.31 bits per heavy atom. The molecule has 1 unspecified atom stereocenters. The Balaban J connectivity index is 1.34. The van der Waals surface area contributed by atoms with E-state index in [1.165, 1.54) is 0 Å². The number of nitrogens with zero attached hydrogens (tertiary/aromatic N) is 3. The molecule has 0 bridgehead atoms. The molecule has 1 saturated heterocycles. The zero-order chi connectivity index (χ0) is 17.9. The lowest BCUT2D eigenvalue weighted by atomic mass is 10.1. The molecule has 132 valence electrons. The second-order valence-corrected chi connectivity index (χ2v) is 6.23. The Kier molecular flexibility index (Phi) is 4.32. The highest BCUT2D eigenvalue weighted by atomic mass is 16.7. The number of aromatic nitrogens is 1. The first kappa shape index (κ1) is 16.2. The third-order valence-electron chi connectivity index (χ3n) is 4.44. The molecule has 2 aliphatic rings. The molecule has 1 aromatic carbocycles. The van der Waals surface area contributed by atoms with E-state index in [1.54, 1.807) is 23.2 Å². The van der Waals surface area contributed by atoms with Crippen LogP contribution >= 0.6 is 0 Å². The van der Waals surface area contributed by atoms with Crippen LogP contribution in [0.4, 0.5) is 0 Å². The van der Waals surface area contributed by atoms with Crippen molar-refractivity contribution in [1.82, 2.24) is 9.88 Å². The third kappa shape index (κ3) is 3.40. The van der Waals surface area contributed by atoms with Gasteiger partial charge in [0.15, 0.2) is 11.5 Å². The van der Waals surface area contributed by atoms with Gasteiger partial charge in [0.2, 0.25) is 18.6 Å². The number of amides is 1. The first-order valence-corrected chi connectivity index (χ1v) is 8.40. The van der Waals surface area contributed by atoms with E-state index in [1.807, 2.05) is 18.2 Å².